The minimum absolute atomic E-state index is 0.293. The number of carbonyl (C=O) groups is 1. The van der Waals surface area contributed by atoms with Gasteiger partial charge in [-0.15, -0.1) is 0 Å². The number of halogens is 1. The molecule has 0 atom stereocenters. The molecule has 98 valence electrons. The molecule has 1 aromatic heterocycles. The Kier molecular flexibility index (Phi) is 4.07. The van der Waals surface area contributed by atoms with Gasteiger partial charge in [0.1, 0.15) is 5.82 Å². The highest BCUT2D eigenvalue weighted by Crippen LogP contribution is 2.03. The molecule has 2 rings (SSSR count). The average molecular weight is 260 g/mol. The predicted molar refractivity (Wildman–Crippen MR) is 69.5 cm³/mol. The maximum Gasteiger partial charge on any atom is 0.251 e. The Labute approximate surface area is 109 Å². The molecule has 0 fully saturated rings. The Hall–Kier alpha value is -2.43. The summed E-state index contributed by atoms with van der Waals surface area (Å²) >= 11 is 0. The number of aromatic amines is 1. The van der Waals surface area contributed by atoms with Gasteiger partial charge in [-0.05, 0) is 30.2 Å². The first-order valence-corrected chi connectivity index (χ1v) is 5.86. The minimum atomic E-state index is -0.321. The zero-order chi connectivity index (χ0) is 13.7. The highest BCUT2D eigenvalue weighted by molar-refractivity contribution is 5.93. The van der Waals surface area contributed by atoms with Crippen LogP contribution in [0.2, 0.25) is 0 Å². The van der Waals surface area contributed by atoms with E-state index < -0.39 is 0 Å². The SMILES string of the molecule is O=C(NCCc1cccc(F)c1)c1cc[nH]c(=O)c1. The summed E-state index contributed by atoms with van der Waals surface area (Å²) < 4.78 is 12.9. The van der Waals surface area contributed by atoms with Crippen LogP contribution in [0, 0.1) is 5.82 Å². The summed E-state index contributed by atoms with van der Waals surface area (Å²) in [6, 6.07) is 8.99. The molecule has 1 amide bonds. The topological polar surface area (TPSA) is 62.0 Å². The second kappa shape index (κ2) is 5.95. The van der Waals surface area contributed by atoms with E-state index in [1.807, 2.05) is 0 Å². The third kappa shape index (κ3) is 3.77. The first-order valence-electron chi connectivity index (χ1n) is 5.86. The zero-order valence-corrected chi connectivity index (χ0v) is 10.2. The van der Waals surface area contributed by atoms with Crippen molar-refractivity contribution in [2.24, 2.45) is 0 Å². The molecule has 5 heteroatoms. The molecule has 2 aromatic rings. The van der Waals surface area contributed by atoms with E-state index in [1.54, 1.807) is 12.1 Å². The monoisotopic (exact) mass is 260 g/mol. The first-order chi connectivity index (χ1) is 9.15. The number of amides is 1. The number of benzene rings is 1. The standard InChI is InChI=1S/C14H13FN2O2/c15-12-3-1-2-10(8-12)4-6-17-14(19)11-5-7-16-13(18)9-11/h1-3,5,7-9H,4,6H2,(H,16,18)(H,17,19). The van der Waals surface area contributed by atoms with E-state index in [2.05, 4.69) is 10.3 Å². The van der Waals surface area contributed by atoms with Crippen molar-refractivity contribution < 1.29 is 9.18 Å². The molecule has 0 unspecified atom stereocenters. The molecular formula is C14H13FN2O2. The van der Waals surface area contributed by atoms with E-state index in [9.17, 15) is 14.0 Å². The summed E-state index contributed by atoms with van der Waals surface area (Å²) in [5.41, 5.74) is 0.798. The molecule has 0 aliphatic carbocycles. The van der Waals surface area contributed by atoms with Crippen molar-refractivity contribution in [2.75, 3.05) is 6.54 Å². The Morgan fingerprint density at radius 2 is 2.11 bits per heavy atom. The van der Waals surface area contributed by atoms with Crippen LogP contribution >= 0.6 is 0 Å². The second-order valence-electron chi connectivity index (χ2n) is 4.08. The van der Waals surface area contributed by atoms with Gasteiger partial charge in [-0.25, -0.2) is 4.39 Å². The lowest BCUT2D eigenvalue weighted by Crippen LogP contribution is -2.26. The summed E-state index contributed by atoms with van der Waals surface area (Å²) in [6.45, 7) is 0.384. The molecule has 1 heterocycles. The average Bonchev–Trinajstić information content (AvgIpc) is 2.38. The maximum absolute atomic E-state index is 12.9. The van der Waals surface area contributed by atoms with Gasteiger partial charge in [-0.1, -0.05) is 12.1 Å². The molecule has 0 radical (unpaired) electrons. The molecule has 1 aromatic carbocycles. The third-order valence-electron chi connectivity index (χ3n) is 2.63. The van der Waals surface area contributed by atoms with E-state index in [-0.39, 0.29) is 17.3 Å². The molecule has 19 heavy (non-hydrogen) atoms. The number of nitrogens with one attached hydrogen (secondary N) is 2. The fourth-order valence-electron chi connectivity index (χ4n) is 1.70. The highest BCUT2D eigenvalue weighted by Gasteiger charge is 2.05. The molecule has 0 saturated heterocycles. The van der Waals surface area contributed by atoms with Gasteiger partial charge in [0, 0.05) is 24.4 Å². The molecule has 0 aliphatic rings. The van der Waals surface area contributed by atoms with E-state index in [4.69, 9.17) is 0 Å². The van der Waals surface area contributed by atoms with Crippen LogP contribution in [0.1, 0.15) is 15.9 Å². The summed E-state index contributed by atoms with van der Waals surface area (Å²) in [6.07, 6.45) is 1.95. The highest BCUT2D eigenvalue weighted by atomic mass is 19.1. The van der Waals surface area contributed by atoms with Crippen molar-refractivity contribution >= 4 is 5.91 Å². The third-order valence-corrected chi connectivity index (χ3v) is 2.63. The predicted octanol–water partition coefficient (Wildman–Crippen LogP) is 1.49. The van der Waals surface area contributed by atoms with Crippen LogP contribution in [0.4, 0.5) is 4.39 Å². The zero-order valence-electron chi connectivity index (χ0n) is 10.2. The van der Waals surface area contributed by atoms with Crippen LogP contribution in [0.5, 0.6) is 0 Å². The van der Waals surface area contributed by atoms with Gasteiger partial charge in [0.25, 0.3) is 5.91 Å². The summed E-state index contributed by atoms with van der Waals surface area (Å²) in [7, 11) is 0. The molecule has 0 bridgehead atoms. The quantitative estimate of drug-likeness (QED) is 0.874. The fourth-order valence-corrected chi connectivity index (χ4v) is 1.70. The van der Waals surface area contributed by atoms with E-state index >= 15 is 0 Å². The smallest absolute Gasteiger partial charge is 0.251 e. The Bertz CT molecular complexity index is 637. The van der Waals surface area contributed by atoms with Crippen molar-refractivity contribution in [2.45, 2.75) is 6.42 Å². The van der Waals surface area contributed by atoms with Gasteiger partial charge >= 0.3 is 0 Å². The van der Waals surface area contributed by atoms with Gasteiger partial charge < -0.3 is 10.3 Å². The fraction of sp³-hybridized carbons (Fsp3) is 0.143. The lowest BCUT2D eigenvalue weighted by atomic mass is 10.1. The number of hydrogen-bond acceptors (Lipinski definition) is 2. The molecule has 4 nitrogen and oxygen atoms in total. The normalized spacial score (nSPS) is 10.2. The van der Waals surface area contributed by atoms with Crippen LogP contribution in [-0.4, -0.2) is 17.4 Å². The maximum atomic E-state index is 12.9. The largest absolute Gasteiger partial charge is 0.352 e. The summed E-state index contributed by atoms with van der Waals surface area (Å²) in [5.74, 6) is -0.610. The molecule has 2 N–H and O–H groups in total. The van der Waals surface area contributed by atoms with Crippen molar-refractivity contribution in [3.63, 3.8) is 0 Å². The van der Waals surface area contributed by atoms with Gasteiger partial charge in [0.2, 0.25) is 5.56 Å². The number of H-pyrrole nitrogens is 1. The summed E-state index contributed by atoms with van der Waals surface area (Å²) in [5, 5.41) is 2.68. The molecular weight excluding hydrogens is 247 g/mol. The first kappa shape index (κ1) is 13.0. The number of pyridine rings is 1. The van der Waals surface area contributed by atoms with Crippen LogP contribution in [-0.2, 0) is 6.42 Å². The van der Waals surface area contributed by atoms with Crippen molar-refractivity contribution in [3.05, 3.63) is 69.9 Å². The van der Waals surface area contributed by atoms with Crippen molar-refractivity contribution in [3.8, 4) is 0 Å². The number of carbonyl (C=O) groups excluding carboxylic acids is 1. The Morgan fingerprint density at radius 3 is 2.84 bits per heavy atom. The van der Waals surface area contributed by atoms with Crippen molar-refractivity contribution in [1.29, 1.82) is 0 Å². The van der Waals surface area contributed by atoms with Gasteiger partial charge in [-0.3, -0.25) is 9.59 Å². The van der Waals surface area contributed by atoms with Gasteiger partial charge in [-0.2, -0.15) is 0 Å². The minimum Gasteiger partial charge on any atom is -0.352 e. The molecule has 0 aliphatic heterocycles. The van der Waals surface area contributed by atoms with E-state index in [1.165, 1.54) is 30.5 Å². The van der Waals surface area contributed by atoms with E-state index in [0.29, 0.717) is 18.5 Å². The second-order valence-corrected chi connectivity index (χ2v) is 4.08. The van der Waals surface area contributed by atoms with Crippen molar-refractivity contribution in [1.82, 2.24) is 10.3 Å². The van der Waals surface area contributed by atoms with Gasteiger partial charge in [0.05, 0.1) is 0 Å². The molecule has 0 spiro atoms. The van der Waals surface area contributed by atoms with Gasteiger partial charge in [0.15, 0.2) is 0 Å². The van der Waals surface area contributed by atoms with Crippen LogP contribution < -0.4 is 10.9 Å². The number of aromatic nitrogens is 1. The Balaban J connectivity index is 1.89. The summed E-state index contributed by atoms with van der Waals surface area (Å²) in [4.78, 5) is 25.2. The number of rotatable bonds is 4. The van der Waals surface area contributed by atoms with Crippen LogP contribution in [0.15, 0.2) is 47.4 Å². The lowest BCUT2D eigenvalue weighted by molar-refractivity contribution is 0.0954. The number of hydrogen-bond donors (Lipinski definition) is 2. The van der Waals surface area contributed by atoms with Crippen LogP contribution in [0.3, 0.4) is 0 Å². The molecule has 0 saturated carbocycles. The lowest BCUT2D eigenvalue weighted by Gasteiger charge is -2.05. The van der Waals surface area contributed by atoms with E-state index in [0.717, 1.165) is 5.56 Å². The van der Waals surface area contributed by atoms with Crippen LogP contribution in [0.25, 0.3) is 0 Å². The Morgan fingerprint density at radius 1 is 1.26 bits per heavy atom.